The molecular formula is C21H20F3N3O. The smallest absolute Gasteiger partial charge is 0.380 e. The molecule has 1 heterocycles. The molecule has 2 aromatic carbocycles. The maximum absolute atomic E-state index is 13.2. The fourth-order valence-corrected chi connectivity index (χ4v) is 3.36. The number of anilines is 1. The molecule has 1 saturated heterocycles. The van der Waals surface area contributed by atoms with Crippen LogP contribution in [0.2, 0.25) is 0 Å². The van der Waals surface area contributed by atoms with Gasteiger partial charge in [-0.05, 0) is 36.6 Å². The van der Waals surface area contributed by atoms with E-state index in [0.717, 1.165) is 17.7 Å². The molecule has 28 heavy (non-hydrogen) atoms. The van der Waals surface area contributed by atoms with Gasteiger partial charge in [0.1, 0.15) is 0 Å². The SMILES string of the molecule is N#Cc1ccc(C(F)(F)F)c(NC2CCN(C(=O)CCc3ccccc3)C2)c1. The number of hydrogen-bond donors (Lipinski definition) is 1. The molecule has 146 valence electrons. The summed E-state index contributed by atoms with van der Waals surface area (Å²) in [5.74, 6) is -0.00465. The van der Waals surface area contributed by atoms with Crippen molar-refractivity contribution in [1.29, 1.82) is 5.26 Å². The van der Waals surface area contributed by atoms with E-state index in [0.29, 0.717) is 32.4 Å². The Bertz CT molecular complexity index is 875. The number of carbonyl (C=O) groups excluding carboxylic acids is 1. The second-order valence-electron chi connectivity index (χ2n) is 6.83. The first-order valence-corrected chi connectivity index (χ1v) is 9.06. The molecule has 1 amide bonds. The van der Waals surface area contributed by atoms with Crippen LogP contribution in [0.15, 0.2) is 48.5 Å². The lowest BCUT2D eigenvalue weighted by Gasteiger charge is -2.20. The molecule has 4 nitrogen and oxygen atoms in total. The predicted octanol–water partition coefficient (Wildman–Crippen LogP) is 4.22. The highest BCUT2D eigenvalue weighted by atomic mass is 19.4. The van der Waals surface area contributed by atoms with E-state index in [1.807, 2.05) is 36.4 Å². The fourth-order valence-electron chi connectivity index (χ4n) is 3.36. The van der Waals surface area contributed by atoms with E-state index >= 15 is 0 Å². The van der Waals surface area contributed by atoms with E-state index in [9.17, 15) is 18.0 Å². The Morgan fingerprint density at radius 1 is 1.21 bits per heavy atom. The van der Waals surface area contributed by atoms with Gasteiger partial charge in [-0.2, -0.15) is 18.4 Å². The molecule has 1 aliphatic rings. The number of benzene rings is 2. The monoisotopic (exact) mass is 387 g/mol. The Kier molecular flexibility index (Phi) is 5.88. The van der Waals surface area contributed by atoms with Crippen LogP contribution in [0.1, 0.15) is 29.5 Å². The van der Waals surface area contributed by atoms with E-state index in [4.69, 9.17) is 5.26 Å². The number of hydrogen-bond acceptors (Lipinski definition) is 3. The highest BCUT2D eigenvalue weighted by molar-refractivity contribution is 5.77. The molecule has 0 radical (unpaired) electrons. The molecule has 0 bridgehead atoms. The molecule has 0 spiro atoms. The molecule has 1 unspecified atom stereocenters. The van der Waals surface area contributed by atoms with Crippen molar-refractivity contribution < 1.29 is 18.0 Å². The van der Waals surface area contributed by atoms with Crippen molar-refractivity contribution in [2.45, 2.75) is 31.5 Å². The minimum atomic E-state index is -4.51. The number of carbonyl (C=O) groups is 1. The molecule has 2 aromatic rings. The third-order valence-electron chi connectivity index (χ3n) is 4.83. The average Bonchev–Trinajstić information content (AvgIpc) is 3.14. The number of amides is 1. The Hall–Kier alpha value is -3.01. The number of rotatable bonds is 5. The molecule has 1 aliphatic heterocycles. The number of likely N-dealkylation sites (tertiary alicyclic amines) is 1. The molecule has 0 saturated carbocycles. The molecule has 0 aliphatic carbocycles. The second-order valence-corrected chi connectivity index (χ2v) is 6.83. The van der Waals surface area contributed by atoms with Crippen molar-refractivity contribution in [1.82, 2.24) is 4.90 Å². The van der Waals surface area contributed by atoms with Crippen LogP contribution < -0.4 is 5.32 Å². The van der Waals surface area contributed by atoms with Gasteiger partial charge in [0.05, 0.1) is 17.2 Å². The minimum absolute atomic E-state index is 0.00465. The zero-order valence-electron chi connectivity index (χ0n) is 15.2. The maximum atomic E-state index is 13.2. The lowest BCUT2D eigenvalue weighted by molar-refractivity contribution is -0.137. The Morgan fingerprint density at radius 3 is 2.64 bits per heavy atom. The van der Waals surface area contributed by atoms with Gasteiger partial charge in [-0.25, -0.2) is 0 Å². The first kappa shape index (κ1) is 19.7. The van der Waals surface area contributed by atoms with Crippen LogP contribution in [0.25, 0.3) is 0 Å². The molecule has 1 N–H and O–H groups in total. The summed E-state index contributed by atoms with van der Waals surface area (Å²) in [5.41, 5.74) is 0.313. The summed E-state index contributed by atoms with van der Waals surface area (Å²) in [6.45, 7) is 0.853. The molecule has 3 rings (SSSR count). The largest absolute Gasteiger partial charge is 0.418 e. The van der Waals surface area contributed by atoms with Gasteiger partial charge in [0, 0.05) is 31.2 Å². The standard InChI is InChI=1S/C21H20F3N3O/c22-21(23,24)18-8-6-16(13-25)12-19(18)26-17-10-11-27(14-17)20(28)9-7-15-4-2-1-3-5-15/h1-6,8,12,17,26H,7,9-11,14H2. The zero-order valence-corrected chi connectivity index (χ0v) is 15.2. The Balaban J connectivity index is 1.61. The molecule has 1 fully saturated rings. The highest BCUT2D eigenvalue weighted by Gasteiger charge is 2.35. The van der Waals surface area contributed by atoms with Gasteiger partial charge < -0.3 is 10.2 Å². The molecular weight excluding hydrogens is 367 g/mol. The molecule has 7 heteroatoms. The number of aryl methyl sites for hydroxylation is 1. The second kappa shape index (κ2) is 8.34. The first-order chi connectivity index (χ1) is 13.4. The third-order valence-corrected chi connectivity index (χ3v) is 4.83. The van der Waals surface area contributed by atoms with Gasteiger partial charge in [-0.3, -0.25) is 4.79 Å². The van der Waals surface area contributed by atoms with Gasteiger partial charge in [0.2, 0.25) is 5.91 Å². The van der Waals surface area contributed by atoms with Crippen LogP contribution >= 0.6 is 0 Å². The van der Waals surface area contributed by atoms with Gasteiger partial charge in [0.25, 0.3) is 0 Å². The number of nitriles is 1. The van der Waals surface area contributed by atoms with Crippen LogP contribution in [0.5, 0.6) is 0 Å². The minimum Gasteiger partial charge on any atom is -0.380 e. The number of nitrogens with one attached hydrogen (secondary N) is 1. The summed E-state index contributed by atoms with van der Waals surface area (Å²) >= 11 is 0. The Morgan fingerprint density at radius 2 is 1.96 bits per heavy atom. The molecule has 1 atom stereocenters. The number of alkyl halides is 3. The highest BCUT2D eigenvalue weighted by Crippen LogP contribution is 2.36. The van der Waals surface area contributed by atoms with Crippen molar-refractivity contribution in [3.05, 3.63) is 65.2 Å². The summed E-state index contributed by atoms with van der Waals surface area (Å²) in [6.07, 6.45) is -2.95. The van der Waals surface area contributed by atoms with Gasteiger partial charge >= 0.3 is 6.18 Å². The van der Waals surface area contributed by atoms with E-state index in [1.165, 1.54) is 6.07 Å². The van der Waals surface area contributed by atoms with E-state index in [2.05, 4.69) is 5.32 Å². The summed E-state index contributed by atoms with van der Waals surface area (Å²) in [4.78, 5) is 14.1. The topological polar surface area (TPSA) is 56.1 Å². The zero-order chi connectivity index (χ0) is 20.1. The lowest BCUT2D eigenvalue weighted by atomic mass is 10.1. The normalized spacial score (nSPS) is 16.6. The Labute approximate surface area is 161 Å². The van der Waals surface area contributed by atoms with E-state index < -0.39 is 11.7 Å². The van der Waals surface area contributed by atoms with Crippen molar-refractivity contribution in [2.24, 2.45) is 0 Å². The summed E-state index contributed by atoms with van der Waals surface area (Å²) in [5, 5.41) is 11.9. The van der Waals surface area contributed by atoms with Crippen LogP contribution in [0.4, 0.5) is 18.9 Å². The van der Waals surface area contributed by atoms with E-state index in [1.54, 1.807) is 4.90 Å². The van der Waals surface area contributed by atoms with Crippen LogP contribution in [-0.4, -0.2) is 29.9 Å². The van der Waals surface area contributed by atoms with Crippen molar-refractivity contribution in [2.75, 3.05) is 18.4 Å². The maximum Gasteiger partial charge on any atom is 0.418 e. The number of nitrogens with zero attached hydrogens (tertiary/aromatic N) is 2. The van der Waals surface area contributed by atoms with E-state index in [-0.39, 0.29) is 23.2 Å². The van der Waals surface area contributed by atoms with Crippen molar-refractivity contribution >= 4 is 11.6 Å². The van der Waals surface area contributed by atoms with Crippen molar-refractivity contribution in [3.63, 3.8) is 0 Å². The summed E-state index contributed by atoms with van der Waals surface area (Å²) < 4.78 is 39.7. The third kappa shape index (κ3) is 4.83. The lowest BCUT2D eigenvalue weighted by Crippen LogP contribution is -2.32. The van der Waals surface area contributed by atoms with Gasteiger partial charge in [-0.1, -0.05) is 30.3 Å². The quantitative estimate of drug-likeness (QED) is 0.836. The predicted molar refractivity (Wildman–Crippen MR) is 99.5 cm³/mol. The van der Waals surface area contributed by atoms with Crippen LogP contribution in [0.3, 0.4) is 0 Å². The van der Waals surface area contributed by atoms with Crippen LogP contribution in [-0.2, 0) is 17.4 Å². The van der Waals surface area contributed by atoms with Gasteiger partial charge in [-0.15, -0.1) is 0 Å². The van der Waals surface area contributed by atoms with Crippen molar-refractivity contribution in [3.8, 4) is 6.07 Å². The summed E-state index contributed by atoms with van der Waals surface area (Å²) in [7, 11) is 0. The fraction of sp³-hybridized carbons (Fsp3) is 0.333. The molecule has 0 aromatic heterocycles. The van der Waals surface area contributed by atoms with Crippen LogP contribution in [0, 0.1) is 11.3 Å². The first-order valence-electron chi connectivity index (χ1n) is 9.06. The average molecular weight is 387 g/mol. The van der Waals surface area contributed by atoms with Gasteiger partial charge in [0.15, 0.2) is 0 Å². The summed E-state index contributed by atoms with van der Waals surface area (Å²) in [6, 6.07) is 14.5. The number of halogens is 3.